The Morgan fingerprint density at radius 2 is 0.786 bits per heavy atom. The minimum Gasteiger partial charge on any atom is -0.741 e. The number of hydrogen-bond donors (Lipinski definition) is 0. The molecular weight excluding hydrogens is 577 g/mol. The van der Waals surface area contributed by atoms with E-state index in [4.69, 9.17) is 13.0 Å². The first kappa shape index (κ1) is 35.9. The average Bonchev–Trinajstić information content (AvgIpc) is 2.95. The number of benzene rings is 3. The molecule has 0 bridgehead atoms. The summed E-state index contributed by atoms with van der Waals surface area (Å²) >= 11 is 0. The van der Waals surface area contributed by atoms with Crippen LogP contribution in [-0.4, -0.2) is 18.5 Å². The van der Waals surface area contributed by atoms with Crippen molar-refractivity contribution in [3.05, 3.63) is 89.5 Å². The molecule has 3 aromatic carbocycles. The number of unbranched alkanes of at least 4 members (excludes halogenated alkanes) is 6. The Balaban J connectivity index is 0.000000675. The van der Waals surface area contributed by atoms with Crippen molar-refractivity contribution in [3.63, 3.8) is 0 Å². The molecule has 0 aliphatic rings. The molecule has 0 aromatic heterocycles. The van der Waals surface area contributed by atoms with E-state index >= 15 is 0 Å². The fourth-order valence-corrected chi connectivity index (χ4v) is 6.56. The van der Waals surface area contributed by atoms with Gasteiger partial charge in [0.2, 0.25) is 0 Å². The Kier molecular flexibility index (Phi) is 15.7. The van der Waals surface area contributed by atoms with Gasteiger partial charge < -0.3 is 4.55 Å². The molecular formula is C34H45F3O3S2. The Labute approximate surface area is 254 Å². The summed E-state index contributed by atoms with van der Waals surface area (Å²) in [7, 11) is -6.15. The zero-order valence-electron chi connectivity index (χ0n) is 25.1. The van der Waals surface area contributed by atoms with E-state index in [0.717, 1.165) is 0 Å². The van der Waals surface area contributed by atoms with Crippen LogP contribution in [0.5, 0.6) is 0 Å². The summed E-state index contributed by atoms with van der Waals surface area (Å²) in [6, 6.07) is 28.5. The van der Waals surface area contributed by atoms with Gasteiger partial charge in [-0.1, -0.05) is 95.7 Å². The summed E-state index contributed by atoms with van der Waals surface area (Å²) in [4.78, 5) is 4.28. The Hall–Kier alpha value is -2.29. The molecule has 3 rings (SSSR count). The maximum absolute atomic E-state index is 10.7. The Morgan fingerprint density at radius 1 is 0.548 bits per heavy atom. The van der Waals surface area contributed by atoms with Crippen LogP contribution in [0.3, 0.4) is 0 Å². The van der Waals surface area contributed by atoms with Gasteiger partial charge in [0.25, 0.3) is 0 Å². The van der Waals surface area contributed by atoms with Gasteiger partial charge in [-0.3, -0.25) is 0 Å². The molecule has 0 radical (unpaired) electrons. The lowest BCUT2D eigenvalue weighted by Crippen LogP contribution is -2.21. The number of hydrogen-bond acceptors (Lipinski definition) is 3. The lowest BCUT2D eigenvalue weighted by Gasteiger charge is -2.11. The van der Waals surface area contributed by atoms with Gasteiger partial charge in [-0.15, -0.1) is 0 Å². The summed E-state index contributed by atoms with van der Waals surface area (Å²) in [6.07, 6.45) is 15.3. The van der Waals surface area contributed by atoms with E-state index in [0.29, 0.717) is 0 Å². The highest BCUT2D eigenvalue weighted by molar-refractivity contribution is 7.97. The molecule has 0 spiro atoms. The molecule has 0 aliphatic heterocycles. The fraction of sp³-hybridized carbons (Fsp3) is 0.471. The monoisotopic (exact) mass is 622 g/mol. The molecule has 0 saturated heterocycles. The highest BCUT2D eigenvalue weighted by atomic mass is 32.2. The van der Waals surface area contributed by atoms with Crippen LogP contribution < -0.4 is 0 Å². The quantitative estimate of drug-likeness (QED) is 0.0734. The lowest BCUT2D eigenvalue weighted by atomic mass is 10.1. The van der Waals surface area contributed by atoms with Crippen molar-refractivity contribution >= 4 is 21.0 Å². The van der Waals surface area contributed by atoms with Crippen molar-refractivity contribution < 1.29 is 26.1 Å². The molecule has 8 heteroatoms. The summed E-state index contributed by atoms with van der Waals surface area (Å²) in [5.41, 5.74) is -1.23. The second-order valence-electron chi connectivity index (χ2n) is 10.5. The Bertz CT molecular complexity index is 1130. The lowest BCUT2D eigenvalue weighted by molar-refractivity contribution is -0.0517. The minimum absolute atomic E-state index is 0.0614. The maximum Gasteiger partial charge on any atom is 0.485 e. The summed E-state index contributed by atoms with van der Waals surface area (Å²) < 4.78 is 58.9. The normalized spacial score (nSPS) is 11.8. The van der Waals surface area contributed by atoms with Gasteiger partial charge in [-0.2, -0.15) is 13.2 Å². The first-order valence-corrected chi connectivity index (χ1v) is 17.7. The smallest absolute Gasteiger partial charge is 0.485 e. The van der Waals surface area contributed by atoms with Crippen molar-refractivity contribution in [2.24, 2.45) is 0 Å². The molecule has 3 aromatic rings. The summed E-state index contributed by atoms with van der Waals surface area (Å²) in [5, 5.41) is 0. The van der Waals surface area contributed by atoms with Crippen molar-refractivity contribution in [2.75, 3.05) is 0 Å². The van der Waals surface area contributed by atoms with Crippen LogP contribution in [0, 0.1) is 0 Å². The third-order valence-corrected chi connectivity index (χ3v) is 9.77. The van der Waals surface area contributed by atoms with Crippen LogP contribution in [0.15, 0.2) is 87.5 Å². The van der Waals surface area contributed by atoms with E-state index in [9.17, 15) is 13.2 Å². The molecule has 0 aliphatic carbocycles. The maximum atomic E-state index is 10.7. The molecule has 0 N–H and O–H groups in total. The van der Waals surface area contributed by atoms with E-state index in [-0.39, 0.29) is 10.9 Å². The van der Waals surface area contributed by atoms with E-state index in [1.165, 1.54) is 108 Å². The minimum atomic E-state index is -6.09. The van der Waals surface area contributed by atoms with Gasteiger partial charge >= 0.3 is 5.51 Å². The van der Waals surface area contributed by atoms with Crippen LogP contribution in [-0.2, 0) is 40.3 Å². The average molecular weight is 623 g/mol. The molecule has 3 nitrogen and oxygen atoms in total. The van der Waals surface area contributed by atoms with Crippen molar-refractivity contribution in [2.45, 2.75) is 118 Å². The molecule has 0 amide bonds. The van der Waals surface area contributed by atoms with Crippen LogP contribution in [0.1, 0.15) is 95.2 Å². The summed E-state index contributed by atoms with van der Waals surface area (Å²) in [6.45, 7) is 6.83. The second-order valence-corrected chi connectivity index (χ2v) is 13.9. The van der Waals surface area contributed by atoms with Gasteiger partial charge in [0.05, 0.1) is 10.9 Å². The predicted octanol–water partition coefficient (Wildman–Crippen LogP) is 10.0. The largest absolute Gasteiger partial charge is 0.741 e. The standard InChI is InChI=1S/C33H45S.CHF3O3S/c1-4-7-10-13-28-16-22-31(23-17-28)34(32-24-18-29(19-25-32)14-11-8-5-2)33-26-20-30(21-27-33)15-12-9-6-3;2-1(3,4)8(5,6)7/h16-27H,4-15H2,1-3H3;(H,5,6,7)/q+1;/p-1. The SMILES string of the molecule is CCCCCc1ccc([S+](c2ccc(CCCCC)cc2)c2ccc(CCCCC)cc2)cc1.O=S(=O)([O-])C(F)(F)F. The highest BCUT2D eigenvalue weighted by Crippen LogP contribution is 2.32. The van der Waals surface area contributed by atoms with Gasteiger partial charge in [-0.25, -0.2) is 8.42 Å². The number of rotatable bonds is 15. The molecule has 0 atom stereocenters. The van der Waals surface area contributed by atoms with Crippen LogP contribution >= 0.6 is 0 Å². The van der Waals surface area contributed by atoms with Gasteiger partial charge in [0.15, 0.2) is 24.8 Å². The van der Waals surface area contributed by atoms with Gasteiger partial charge in [-0.05, 0) is 91.6 Å². The predicted molar refractivity (Wildman–Crippen MR) is 167 cm³/mol. The van der Waals surface area contributed by atoms with Crippen LogP contribution in [0.4, 0.5) is 13.2 Å². The molecule has 0 saturated carbocycles. The molecule has 42 heavy (non-hydrogen) atoms. The van der Waals surface area contributed by atoms with E-state index < -0.39 is 15.6 Å². The second kappa shape index (κ2) is 18.4. The first-order chi connectivity index (χ1) is 20.0. The third kappa shape index (κ3) is 12.5. The zero-order valence-corrected chi connectivity index (χ0v) is 26.7. The number of halogens is 3. The Morgan fingerprint density at radius 3 is 0.976 bits per heavy atom. The van der Waals surface area contributed by atoms with Crippen molar-refractivity contribution in [1.82, 2.24) is 0 Å². The topological polar surface area (TPSA) is 57.2 Å². The molecule has 0 fully saturated rings. The van der Waals surface area contributed by atoms with E-state index in [1.54, 1.807) is 0 Å². The summed E-state index contributed by atoms with van der Waals surface area (Å²) in [5.74, 6) is 0. The molecule has 232 valence electrons. The van der Waals surface area contributed by atoms with Crippen LogP contribution in [0.2, 0.25) is 0 Å². The van der Waals surface area contributed by atoms with Gasteiger partial charge in [0, 0.05) is 0 Å². The van der Waals surface area contributed by atoms with Crippen LogP contribution in [0.25, 0.3) is 0 Å². The number of alkyl halides is 3. The van der Waals surface area contributed by atoms with E-state index in [2.05, 4.69) is 93.6 Å². The van der Waals surface area contributed by atoms with Crippen molar-refractivity contribution in [3.8, 4) is 0 Å². The zero-order chi connectivity index (χ0) is 31.0. The fourth-order valence-electron chi connectivity index (χ4n) is 4.52. The number of aryl methyl sites for hydroxylation is 3. The highest BCUT2D eigenvalue weighted by Gasteiger charge is 2.37. The molecule has 0 heterocycles. The molecule has 0 unspecified atom stereocenters. The van der Waals surface area contributed by atoms with Crippen molar-refractivity contribution in [1.29, 1.82) is 0 Å². The first-order valence-electron chi connectivity index (χ1n) is 15.0. The van der Waals surface area contributed by atoms with E-state index in [1.807, 2.05) is 0 Å². The van der Waals surface area contributed by atoms with Gasteiger partial charge in [0.1, 0.15) is 0 Å². The third-order valence-electron chi connectivity index (χ3n) is 6.97.